The number of rotatable bonds is 8. The van der Waals surface area contributed by atoms with E-state index in [9.17, 15) is 4.79 Å². The van der Waals surface area contributed by atoms with Crippen LogP contribution >= 0.6 is 0 Å². The van der Waals surface area contributed by atoms with Crippen molar-refractivity contribution in [1.29, 1.82) is 0 Å². The van der Waals surface area contributed by atoms with Gasteiger partial charge in [0.1, 0.15) is 17.1 Å². The van der Waals surface area contributed by atoms with Crippen LogP contribution in [-0.2, 0) is 9.53 Å². The normalized spacial score (nSPS) is 16.5. The Morgan fingerprint density at radius 3 is 2.71 bits per heavy atom. The van der Waals surface area contributed by atoms with Gasteiger partial charge in [0.15, 0.2) is 11.5 Å². The van der Waals surface area contributed by atoms with Gasteiger partial charge in [-0.2, -0.15) is 0 Å². The summed E-state index contributed by atoms with van der Waals surface area (Å²) in [6, 6.07) is 9.54. The summed E-state index contributed by atoms with van der Waals surface area (Å²) in [6.45, 7) is 5.76. The molecular weight excluding hydrogens is 484 g/mol. The standard InChI is InChI=1S/C29H32N4O5/c1-19-12-20-13-21(16-31-28(20)32-19)38-24-5-8-30-23-15-26(25(35-2)14-22(23)24)37-11-3-4-27(34)33-9-6-29(7-10-33)17-36-18-29/h5,8,12-16H,3-4,6-7,9-11,17-18H2,1-2H3,(H,31,32). The molecule has 0 bridgehead atoms. The molecule has 1 amide bonds. The Labute approximate surface area is 221 Å². The van der Waals surface area contributed by atoms with E-state index >= 15 is 0 Å². The Morgan fingerprint density at radius 1 is 1.11 bits per heavy atom. The summed E-state index contributed by atoms with van der Waals surface area (Å²) in [5.74, 6) is 2.65. The molecule has 38 heavy (non-hydrogen) atoms. The molecule has 1 aromatic carbocycles. The van der Waals surface area contributed by atoms with Crippen LogP contribution in [0, 0.1) is 12.3 Å². The highest BCUT2D eigenvalue weighted by molar-refractivity contribution is 5.88. The molecule has 3 aromatic heterocycles. The van der Waals surface area contributed by atoms with Crippen molar-refractivity contribution >= 4 is 27.8 Å². The third-order valence-corrected chi connectivity index (χ3v) is 7.58. The van der Waals surface area contributed by atoms with Crippen LogP contribution in [0.15, 0.2) is 42.7 Å². The molecule has 9 nitrogen and oxygen atoms in total. The van der Waals surface area contributed by atoms with Crippen LogP contribution < -0.4 is 14.2 Å². The van der Waals surface area contributed by atoms with Crippen LogP contribution in [0.3, 0.4) is 0 Å². The second-order valence-corrected chi connectivity index (χ2v) is 10.3. The van der Waals surface area contributed by atoms with Crippen LogP contribution in [0.25, 0.3) is 21.9 Å². The van der Waals surface area contributed by atoms with Gasteiger partial charge >= 0.3 is 0 Å². The highest BCUT2D eigenvalue weighted by Gasteiger charge is 2.41. The molecule has 198 valence electrons. The van der Waals surface area contributed by atoms with Crippen molar-refractivity contribution < 1.29 is 23.7 Å². The van der Waals surface area contributed by atoms with E-state index in [2.05, 4.69) is 15.0 Å². The Balaban J connectivity index is 1.09. The third-order valence-electron chi connectivity index (χ3n) is 7.58. The van der Waals surface area contributed by atoms with E-state index < -0.39 is 0 Å². The van der Waals surface area contributed by atoms with Gasteiger partial charge in [-0.1, -0.05) is 0 Å². The second kappa shape index (κ2) is 10.1. The number of methoxy groups -OCH3 is 1. The van der Waals surface area contributed by atoms with E-state index in [0.717, 1.165) is 66.8 Å². The number of nitrogens with zero attached hydrogens (tertiary/aromatic N) is 3. The van der Waals surface area contributed by atoms with E-state index in [1.165, 1.54) is 0 Å². The number of aryl methyl sites for hydroxylation is 1. The lowest BCUT2D eigenvalue weighted by Gasteiger charge is -2.47. The zero-order valence-electron chi connectivity index (χ0n) is 21.8. The molecule has 0 atom stereocenters. The summed E-state index contributed by atoms with van der Waals surface area (Å²) in [7, 11) is 1.61. The molecule has 1 N–H and O–H groups in total. The number of aromatic nitrogens is 3. The Hall–Kier alpha value is -3.85. The van der Waals surface area contributed by atoms with Gasteiger partial charge in [0.25, 0.3) is 0 Å². The molecule has 2 aliphatic rings. The monoisotopic (exact) mass is 516 g/mol. The van der Waals surface area contributed by atoms with E-state index in [-0.39, 0.29) is 5.91 Å². The van der Waals surface area contributed by atoms with Gasteiger partial charge in [0.05, 0.1) is 38.6 Å². The Morgan fingerprint density at radius 2 is 1.95 bits per heavy atom. The maximum atomic E-state index is 12.7. The largest absolute Gasteiger partial charge is 0.493 e. The fourth-order valence-electron chi connectivity index (χ4n) is 5.28. The molecule has 2 saturated heterocycles. The minimum absolute atomic E-state index is 0.195. The molecule has 9 heteroatoms. The number of likely N-dealkylation sites (tertiary alicyclic amines) is 1. The number of pyridine rings is 2. The number of carbonyl (C=O) groups excluding carboxylic acids is 1. The highest BCUT2D eigenvalue weighted by atomic mass is 16.5. The number of H-pyrrole nitrogens is 1. The van der Waals surface area contributed by atoms with Crippen LogP contribution in [0.2, 0.25) is 0 Å². The lowest BCUT2D eigenvalue weighted by Crippen LogP contribution is -2.52. The molecule has 0 unspecified atom stereocenters. The summed E-state index contributed by atoms with van der Waals surface area (Å²) in [6.07, 6.45) is 6.59. The molecule has 2 fully saturated rings. The number of aromatic amines is 1. The lowest BCUT2D eigenvalue weighted by molar-refractivity contribution is -0.153. The van der Waals surface area contributed by atoms with E-state index in [1.54, 1.807) is 19.5 Å². The van der Waals surface area contributed by atoms with Crippen molar-refractivity contribution in [2.75, 3.05) is 40.0 Å². The fourth-order valence-corrected chi connectivity index (χ4v) is 5.28. The van der Waals surface area contributed by atoms with E-state index in [4.69, 9.17) is 18.9 Å². The summed E-state index contributed by atoms with van der Waals surface area (Å²) in [5.41, 5.74) is 2.93. The van der Waals surface area contributed by atoms with Gasteiger partial charge in [-0.05, 0) is 50.5 Å². The first-order chi connectivity index (χ1) is 18.5. The first-order valence-corrected chi connectivity index (χ1v) is 13.1. The SMILES string of the molecule is COc1cc2c(Oc3cnc4[nH]c(C)cc4c3)ccnc2cc1OCCCC(=O)N1CCC2(CC1)COC2. The number of carbonyl (C=O) groups is 1. The highest BCUT2D eigenvalue weighted by Crippen LogP contribution is 2.39. The van der Waals surface area contributed by atoms with Gasteiger partial charge in [-0.3, -0.25) is 9.78 Å². The van der Waals surface area contributed by atoms with Crippen molar-refractivity contribution in [2.24, 2.45) is 5.41 Å². The topological polar surface area (TPSA) is 98.8 Å². The van der Waals surface area contributed by atoms with E-state index in [1.807, 2.05) is 42.2 Å². The number of fused-ring (bicyclic) bond motifs is 2. The smallest absolute Gasteiger partial charge is 0.222 e. The zero-order chi connectivity index (χ0) is 26.1. The Kier molecular flexibility index (Phi) is 6.53. The minimum Gasteiger partial charge on any atom is -0.493 e. The van der Waals surface area contributed by atoms with Gasteiger partial charge in [-0.15, -0.1) is 0 Å². The number of amides is 1. The van der Waals surface area contributed by atoms with Gasteiger partial charge in [-0.25, -0.2) is 4.98 Å². The molecule has 0 saturated carbocycles. The number of nitrogens with one attached hydrogen (secondary N) is 1. The summed E-state index contributed by atoms with van der Waals surface area (Å²) in [4.78, 5) is 26.8. The maximum Gasteiger partial charge on any atom is 0.222 e. The predicted molar refractivity (Wildman–Crippen MR) is 143 cm³/mol. The molecule has 1 spiro atoms. The second-order valence-electron chi connectivity index (χ2n) is 10.3. The van der Waals surface area contributed by atoms with Gasteiger partial charge in [0.2, 0.25) is 5.91 Å². The average Bonchev–Trinajstić information content (AvgIpc) is 3.29. The number of hydrogen-bond acceptors (Lipinski definition) is 7. The van der Waals surface area contributed by atoms with Crippen molar-refractivity contribution in [2.45, 2.75) is 32.6 Å². The third kappa shape index (κ3) is 4.86. The number of ether oxygens (including phenoxy) is 4. The zero-order valence-corrected chi connectivity index (χ0v) is 21.8. The molecule has 0 radical (unpaired) electrons. The minimum atomic E-state index is 0.195. The van der Waals surface area contributed by atoms with Crippen LogP contribution in [0.1, 0.15) is 31.4 Å². The van der Waals surface area contributed by atoms with Crippen LogP contribution in [0.5, 0.6) is 23.0 Å². The summed E-state index contributed by atoms with van der Waals surface area (Å²) >= 11 is 0. The lowest BCUT2D eigenvalue weighted by atomic mass is 9.77. The molecule has 4 aromatic rings. The molecule has 5 heterocycles. The quantitative estimate of drug-likeness (QED) is 0.328. The molecule has 6 rings (SSSR count). The number of benzene rings is 1. The van der Waals surface area contributed by atoms with Crippen molar-refractivity contribution in [3.8, 4) is 23.0 Å². The average molecular weight is 517 g/mol. The van der Waals surface area contributed by atoms with E-state index in [0.29, 0.717) is 47.9 Å². The first-order valence-electron chi connectivity index (χ1n) is 13.1. The number of hydrogen-bond donors (Lipinski definition) is 1. The first kappa shape index (κ1) is 24.5. The molecule has 0 aliphatic carbocycles. The maximum absolute atomic E-state index is 12.7. The Bertz CT molecular complexity index is 1470. The molecular formula is C29H32N4O5. The van der Waals surface area contributed by atoms with Crippen LogP contribution in [-0.4, -0.2) is 65.8 Å². The summed E-state index contributed by atoms with van der Waals surface area (Å²) < 4.78 is 23.2. The summed E-state index contributed by atoms with van der Waals surface area (Å²) in [5, 5.41) is 1.79. The van der Waals surface area contributed by atoms with Crippen LogP contribution in [0.4, 0.5) is 0 Å². The van der Waals surface area contributed by atoms with Gasteiger partial charge < -0.3 is 28.8 Å². The van der Waals surface area contributed by atoms with Crippen molar-refractivity contribution in [3.63, 3.8) is 0 Å². The van der Waals surface area contributed by atoms with Gasteiger partial charge in [0, 0.05) is 53.7 Å². The van der Waals surface area contributed by atoms with Crippen molar-refractivity contribution in [3.05, 3.63) is 48.4 Å². The molecule has 2 aliphatic heterocycles. The number of piperidine rings is 1. The predicted octanol–water partition coefficient (Wildman–Crippen LogP) is 5.02. The fraction of sp³-hybridized carbons (Fsp3) is 0.414. The van der Waals surface area contributed by atoms with Crippen molar-refractivity contribution in [1.82, 2.24) is 19.9 Å².